The van der Waals surface area contributed by atoms with Crippen LogP contribution in [0.4, 0.5) is 0 Å². The van der Waals surface area contributed by atoms with E-state index in [9.17, 15) is 19.8 Å². The Bertz CT molecular complexity index is 1060. The average Bonchev–Trinajstić information content (AvgIpc) is 3.31. The van der Waals surface area contributed by atoms with Gasteiger partial charge in [0.25, 0.3) is 0 Å². The normalized spacial score (nSPS) is 12.9. The molecule has 0 heterocycles. The maximum Gasteiger partial charge on any atom is 0.305 e. The van der Waals surface area contributed by atoms with E-state index < -0.39 is 12.1 Å². The minimum Gasteiger partial charge on any atom is -0.466 e. The van der Waals surface area contributed by atoms with Crippen molar-refractivity contribution in [3.8, 4) is 0 Å². The Morgan fingerprint density at radius 1 is 0.431 bits per heavy atom. The lowest BCUT2D eigenvalue weighted by Crippen LogP contribution is -2.45. The van der Waals surface area contributed by atoms with Crippen molar-refractivity contribution in [2.75, 3.05) is 13.2 Å². The van der Waals surface area contributed by atoms with Crippen molar-refractivity contribution in [3.05, 3.63) is 36.5 Å². The number of unbranched alkanes of at least 4 members (excludes halogenated alkanes) is 38. The van der Waals surface area contributed by atoms with Crippen LogP contribution in [-0.2, 0) is 14.3 Å². The topological polar surface area (TPSA) is 95.9 Å². The van der Waals surface area contributed by atoms with Crippen LogP contribution in [0, 0.1) is 0 Å². The molecule has 0 fully saturated rings. The number of allylic oxidation sites excluding steroid dienone is 5. The van der Waals surface area contributed by atoms with Crippen molar-refractivity contribution in [2.45, 2.75) is 315 Å². The van der Waals surface area contributed by atoms with Crippen LogP contribution in [0.15, 0.2) is 36.5 Å². The predicted octanol–water partition coefficient (Wildman–Crippen LogP) is 17.6. The highest BCUT2D eigenvalue weighted by atomic mass is 16.5. The summed E-state index contributed by atoms with van der Waals surface area (Å²) >= 11 is 0. The van der Waals surface area contributed by atoms with Crippen LogP contribution in [0.25, 0.3) is 0 Å². The molecule has 0 aliphatic rings. The molecule has 65 heavy (non-hydrogen) atoms. The molecular formula is C59H111NO5. The van der Waals surface area contributed by atoms with E-state index in [1.807, 2.05) is 6.08 Å². The van der Waals surface area contributed by atoms with E-state index >= 15 is 0 Å². The highest BCUT2D eigenvalue weighted by Gasteiger charge is 2.18. The molecule has 0 bridgehead atoms. The first-order valence-electron chi connectivity index (χ1n) is 28.8. The van der Waals surface area contributed by atoms with Crippen LogP contribution in [0.3, 0.4) is 0 Å². The number of amides is 1. The smallest absolute Gasteiger partial charge is 0.305 e. The van der Waals surface area contributed by atoms with E-state index in [-0.39, 0.29) is 18.5 Å². The molecular weight excluding hydrogens is 803 g/mol. The molecule has 0 radical (unpaired) electrons. The van der Waals surface area contributed by atoms with Crippen LogP contribution < -0.4 is 5.32 Å². The molecule has 0 aromatic carbocycles. The summed E-state index contributed by atoms with van der Waals surface area (Å²) in [5.74, 6) is -0.0719. The SMILES string of the molecule is CCCCCCCCCCCCC/C=C/C(O)C(CO)NC(=O)CCCCCCCCC/C=C\C/C=C\CCCCCCCCCCCOC(=O)CCCCCCCCCCCCCC. The van der Waals surface area contributed by atoms with Gasteiger partial charge in [0.1, 0.15) is 0 Å². The van der Waals surface area contributed by atoms with Gasteiger partial charge in [-0.15, -0.1) is 0 Å². The molecule has 6 heteroatoms. The molecule has 6 nitrogen and oxygen atoms in total. The van der Waals surface area contributed by atoms with Gasteiger partial charge in [0.2, 0.25) is 5.91 Å². The number of aliphatic hydroxyl groups is 2. The lowest BCUT2D eigenvalue weighted by molar-refractivity contribution is -0.143. The maximum absolute atomic E-state index is 12.4. The van der Waals surface area contributed by atoms with E-state index in [2.05, 4.69) is 43.5 Å². The minimum absolute atomic E-state index is 0.00685. The molecule has 0 aromatic rings. The zero-order chi connectivity index (χ0) is 47.2. The summed E-state index contributed by atoms with van der Waals surface area (Å²) in [6.45, 7) is 4.89. The maximum atomic E-state index is 12.4. The third-order valence-corrected chi connectivity index (χ3v) is 13.2. The first kappa shape index (κ1) is 63.1. The van der Waals surface area contributed by atoms with Gasteiger partial charge in [0, 0.05) is 12.8 Å². The Morgan fingerprint density at radius 2 is 0.769 bits per heavy atom. The van der Waals surface area contributed by atoms with Crippen molar-refractivity contribution in [3.63, 3.8) is 0 Å². The zero-order valence-corrected chi connectivity index (χ0v) is 43.5. The fraction of sp³-hybridized carbons (Fsp3) is 0.864. The molecule has 0 aliphatic carbocycles. The molecule has 0 saturated carbocycles. The van der Waals surface area contributed by atoms with Gasteiger partial charge >= 0.3 is 5.97 Å². The van der Waals surface area contributed by atoms with Gasteiger partial charge in [-0.25, -0.2) is 0 Å². The van der Waals surface area contributed by atoms with Crippen molar-refractivity contribution >= 4 is 11.9 Å². The first-order chi connectivity index (χ1) is 32.0. The van der Waals surface area contributed by atoms with Gasteiger partial charge in [-0.3, -0.25) is 9.59 Å². The second-order valence-corrected chi connectivity index (χ2v) is 19.6. The van der Waals surface area contributed by atoms with E-state index in [1.54, 1.807) is 6.08 Å². The Kier molecular flexibility index (Phi) is 53.1. The highest BCUT2D eigenvalue weighted by Crippen LogP contribution is 2.16. The van der Waals surface area contributed by atoms with E-state index in [0.29, 0.717) is 19.4 Å². The number of esters is 1. The summed E-state index contributed by atoms with van der Waals surface area (Å²) in [6, 6.07) is -0.635. The molecule has 2 unspecified atom stereocenters. The van der Waals surface area contributed by atoms with E-state index in [1.165, 1.54) is 218 Å². The Labute approximate surface area is 404 Å². The summed E-state index contributed by atoms with van der Waals surface area (Å²) < 4.78 is 5.46. The zero-order valence-electron chi connectivity index (χ0n) is 43.5. The van der Waals surface area contributed by atoms with Crippen LogP contribution in [-0.4, -0.2) is 47.4 Å². The standard InChI is InChI=1S/C59H111NO5/c1-3-5-7-9-11-13-15-28-31-35-39-43-47-51-57(62)56(55-61)60-58(63)52-48-44-40-36-32-29-26-24-22-20-18-17-19-21-23-25-27-30-34-38-42-46-50-54-65-59(64)53-49-45-41-37-33-16-14-12-10-8-6-4-2/h17,19-20,22,47,51,56-57,61-62H,3-16,18,21,23-46,48-50,52-55H2,1-2H3,(H,60,63)/b19-17-,22-20-,51-47+. The molecule has 3 N–H and O–H groups in total. The monoisotopic (exact) mass is 914 g/mol. The third kappa shape index (κ3) is 51.3. The van der Waals surface area contributed by atoms with E-state index in [4.69, 9.17) is 4.74 Å². The van der Waals surface area contributed by atoms with Gasteiger partial charge in [-0.05, 0) is 64.2 Å². The number of ether oxygens (including phenoxy) is 1. The molecule has 382 valence electrons. The number of carbonyl (C=O) groups excluding carboxylic acids is 2. The number of hydrogen-bond donors (Lipinski definition) is 3. The number of hydrogen-bond acceptors (Lipinski definition) is 5. The fourth-order valence-corrected chi connectivity index (χ4v) is 8.72. The summed E-state index contributed by atoms with van der Waals surface area (Å²) in [4.78, 5) is 24.4. The van der Waals surface area contributed by atoms with Gasteiger partial charge in [0.05, 0.1) is 25.4 Å². The molecule has 0 aliphatic heterocycles. The summed E-state index contributed by atoms with van der Waals surface area (Å²) in [5.41, 5.74) is 0. The molecule has 0 spiro atoms. The lowest BCUT2D eigenvalue weighted by atomic mass is 10.0. The van der Waals surface area contributed by atoms with Gasteiger partial charge in [-0.2, -0.15) is 0 Å². The molecule has 0 rings (SSSR count). The van der Waals surface area contributed by atoms with Crippen molar-refractivity contribution in [1.82, 2.24) is 5.32 Å². The van der Waals surface area contributed by atoms with Crippen molar-refractivity contribution in [1.29, 1.82) is 0 Å². The van der Waals surface area contributed by atoms with Crippen molar-refractivity contribution < 1.29 is 24.5 Å². The second kappa shape index (κ2) is 54.7. The largest absolute Gasteiger partial charge is 0.466 e. The van der Waals surface area contributed by atoms with Crippen LogP contribution in [0.2, 0.25) is 0 Å². The quantitative estimate of drug-likeness (QED) is 0.0321. The van der Waals surface area contributed by atoms with Gasteiger partial charge in [-0.1, -0.05) is 262 Å². The first-order valence-corrected chi connectivity index (χ1v) is 28.8. The number of aliphatic hydroxyl groups excluding tert-OH is 2. The lowest BCUT2D eigenvalue weighted by Gasteiger charge is -2.20. The fourth-order valence-electron chi connectivity index (χ4n) is 8.72. The minimum atomic E-state index is -0.850. The average molecular weight is 915 g/mol. The number of rotatable bonds is 53. The van der Waals surface area contributed by atoms with Crippen LogP contribution in [0.5, 0.6) is 0 Å². The Balaban J connectivity index is 3.47. The number of carbonyl (C=O) groups is 2. The molecule has 0 saturated heterocycles. The summed E-state index contributed by atoms with van der Waals surface area (Å²) in [5, 5.41) is 23.0. The molecule has 2 atom stereocenters. The van der Waals surface area contributed by atoms with Crippen LogP contribution in [0.1, 0.15) is 303 Å². The second-order valence-electron chi connectivity index (χ2n) is 19.6. The summed E-state index contributed by atoms with van der Waals surface area (Å²) in [6.07, 6.45) is 67.4. The number of nitrogens with one attached hydrogen (secondary N) is 1. The highest BCUT2D eigenvalue weighted by molar-refractivity contribution is 5.76. The predicted molar refractivity (Wildman–Crippen MR) is 283 cm³/mol. The molecule has 0 aromatic heterocycles. The summed E-state index contributed by atoms with van der Waals surface area (Å²) in [7, 11) is 0. The van der Waals surface area contributed by atoms with Gasteiger partial charge < -0.3 is 20.3 Å². The Hall–Kier alpha value is -1.92. The molecule has 1 amide bonds. The Morgan fingerprint density at radius 3 is 1.17 bits per heavy atom. The van der Waals surface area contributed by atoms with Crippen molar-refractivity contribution in [2.24, 2.45) is 0 Å². The van der Waals surface area contributed by atoms with Gasteiger partial charge in [0.15, 0.2) is 0 Å². The third-order valence-electron chi connectivity index (χ3n) is 13.2. The van der Waals surface area contributed by atoms with Crippen LogP contribution >= 0.6 is 0 Å². The van der Waals surface area contributed by atoms with E-state index in [0.717, 1.165) is 57.8 Å².